The van der Waals surface area contributed by atoms with E-state index >= 15 is 0 Å². The van der Waals surface area contributed by atoms with E-state index in [-0.39, 0.29) is 11.1 Å². The number of nitro groups is 1. The van der Waals surface area contributed by atoms with Crippen molar-refractivity contribution in [1.82, 2.24) is 0 Å². The summed E-state index contributed by atoms with van der Waals surface area (Å²) < 4.78 is 17.6. The molecule has 124 valence electrons. The Kier molecular flexibility index (Phi) is 4.88. The molecular weight excluding hydrogens is 319 g/mol. The quantitative estimate of drug-likeness (QED) is 0.527. The number of nitro benzene ring substituents is 1. The number of carbonyl (C=O) groups excluding carboxylic acids is 2. The number of aryl methyl sites for hydroxylation is 1. The van der Waals surface area contributed by atoms with Crippen LogP contribution in [0, 0.1) is 22.9 Å². The number of rotatable bonds is 4. The first kappa shape index (κ1) is 17.1. The predicted octanol–water partition coefficient (Wildman–Crippen LogP) is 3.08. The number of hydrogen-bond donors (Lipinski definition) is 1. The molecule has 0 fully saturated rings. The number of benzene rings is 2. The van der Waals surface area contributed by atoms with Crippen LogP contribution in [0.1, 0.15) is 26.3 Å². The summed E-state index contributed by atoms with van der Waals surface area (Å²) in [6.07, 6.45) is 0. The third-order valence-electron chi connectivity index (χ3n) is 3.25. The highest BCUT2D eigenvalue weighted by atomic mass is 19.1. The van der Waals surface area contributed by atoms with E-state index in [9.17, 15) is 24.1 Å². The highest BCUT2D eigenvalue weighted by Crippen LogP contribution is 2.21. The lowest BCUT2D eigenvalue weighted by atomic mass is 10.1. The van der Waals surface area contributed by atoms with E-state index in [1.807, 2.05) is 0 Å². The van der Waals surface area contributed by atoms with Gasteiger partial charge in [0.05, 0.1) is 17.6 Å². The third-order valence-corrected chi connectivity index (χ3v) is 3.25. The molecular formula is C16H13FN2O5. The van der Waals surface area contributed by atoms with Crippen molar-refractivity contribution in [2.45, 2.75) is 6.92 Å². The van der Waals surface area contributed by atoms with E-state index < -0.39 is 28.3 Å². The SMILES string of the molecule is COC(=O)c1cc(C(=O)Nc2ccc(F)cc2C)cc([N+](=O)[O-])c1. The van der Waals surface area contributed by atoms with Crippen LogP contribution in [0.2, 0.25) is 0 Å². The van der Waals surface area contributed by atoms with Crippen LogP contribution >= 0.6 is 0 Å². The molecule has 2 aromatic carbocycles. The van der Waals surface area contributed by atoms with Gasteiger partial charge in [0.1, 0.15) is 5.82 Å². The molecule has 0 spiro atoms. The normalized spacial score (nSPS) is 10.1. The molecule has 2 aromatic rings. The fourth-order valence-electron chi connectivity index (χ4n) is 2.05. The Morgan fingerprint density at radius 2 is 1.83 bits per heavy atom. The van der Waals surface area contributed by atoms with Gasteiger partial charge in [0.2, 0.25) is 0 Å². The summed E-state index contributed by atoms with van der Waals surface area (Å²) >= 11 is 0. The molecule has 1 N–H and O–H groups in total. The molecule has 8 heteroatoms. The lowest BCUT2D eigenvalue weighted by Crippen LogP contribution is -2.14. The van der Waals surface area contributed by atoms with Crippen molar-refractivity contribution in [3.63, 3.8) is 0 Å². The average molecular weight is 332 g/mol. The number of carbonyl (C=O) groups is 2. The minimum Gasteiger partial charge on any atom is -0.465 e. The largest absolute Gasteiger partial charge is 0.465 e. The molecule has 0 unspecified atom stereocenters. The Morgan fingerprint density at radius 1 is 1.17 bits per heavy atom. The smallest absolute Gasteiger partial charge is 0.338 e. The van der Waals surface area contributed by atoms with Crippen molar-refractivity contribution >= 4 is 23.3 Å². The zero-order chi connectivity index (χ0) is 17.9. The summed E-state index contributed by atoms with van der Waals surface area (Å²) in [5, 5.41) is 13.5. The van der Waals surface area contributed by atoms with Crippen molar-refractivity contribution in [2.75, 3.05) is 12.4 Å². The standard InChI is InChI=1S/C16H13FN2O5/c1-9-5-12(17)3-4-14(9)18-15(20)10-6-11(16(21)24-2)8-13(7-10)19(22)23/h3-8H,1-2H3,(H,18,20). The number of methoxy groups -OCH3 is 1. The van der Waals surface area contributed by atoms with Gasteiger partial charge in [-0.25, -0.2) is 9.18 Å². The van der Waals surface area contributed by atoms with Crippen molar-refractivity contribution in [1.29, 1.82) is 0 Å². The van der Waals surface area contributed by atoms with Gasteiger partial charge in [0, 0.05) is 23.4 Å². The molecule has 0 saturated carbocycles. The van der Waals surface area contributed by atoms with Gasteiger partial charge < -0.3 is 10.1 Å². The number of esters is 1. The maximum absolute atomic E-state index is 13.1. The van der Waals surface area contributed by atoms with Gasteiger partial charge in [-0.15, -0.1) is 0 Å². The van der Waals surface area contributed by atoms with Gasteiger partial charge in [0.15, 0.2) is 0 Å². The molecule has 2 rings (SSSR count). The Labute approximate surface area is 136 Å². The second-order valence-electron chi connectivity index (χ2n) is 4.93. The highest BCUT2D eigenvalue weighted by Gasteiger charge is 2.18. The molecule has 0 radical (unpaired) electrons. The molecule has 1 amide bonds. The molecule has 0 aliphatic heterocycles. The van der Waals surface area contributed by atoms with Crippen LogP contribution in [0.4, 0.5) is 15.8 Å². The summed E-state index contributed by atoms with van der Waals surface area (Å²) in [4.78, 5) is 34.2. The summed E-state index contributed by atoms with van der Waals surface area (Å²) in [5.41, 5.74) is 0.217. The van der Waals surface area contributed by atoms with Crippen LogP contribution in [0.3, 0.4) is 0 Å². The van der Waals surface area contributed by atoms with Crippen molar-refractivity contribution in [2.24, 2.45) is 0 Å². The number of ether oxygens (including phenoxy) is 1. The summed E-state index contributed by atoms with van der Waals surface area (Å²) in [6, 6.07) is 7.04. The molecule has 0 aliphatic carbocycles. The third kappa shape index (κ3) is 3.72. The highest BCUT2D eigenvalue weighted by molar-refractivity contribution is 6.06. The van der Waals surface area contributed by atoms with Gasteiger partial charge in [0.25, 0.3) is 11.6 Å². The number of amides is 1. The van der Waals surface area contributed by atoms with Crippen LogP contribution in [0.15, 0.2) is 36.4 Å². The fraction of sp³-hybridized carbons (Fsp3) is 0.125. The van der Waals surface area contributed by atoms with E-state index in [0.717, 1.165) is 19.2 Å². The van der Waals surface area contributed by atoms with E-state index in [0.29, 0.717) is 11.3 Å². The van der Waals surface area contributed by atoms with Gasteiger partial charge in [-0.2, -0.15) is 0 Å². The Bertz CT molecular complexity index is 835. The van der Waals surface area contributed by atoms with Crippen molar-refractivity contribution < 1.29 is 23.6 Å². The van der Waals surface area contributed by atoms with Crippen molar-refractivity contribution in [3.8, 4) is 0 Å². The number of nitrogens with one attached hydrogen (secondary N) is 1. The van der Waals surface area contributed by atoms with Crippen molar-refractivity contribution in [3.05, 3.63) is 69.0 Å². The molecule has 0 saturated heterocycles. The first-order chi connectivity index (χ1) is 11.3. The fourth-order valence-corrected chi connectivity index (χ4v) is 2.05. The van der Waals surface area contributed by atoms with E-state index in [2.05, 4.69) is 10.1 Å². The Morgan fingerprint density at radius 3 is 2.42 bits per heavy atom. The van der Waals surface area contributed by atoms with E-state index in [1.165, 1.54) is 24.3 Å². The lowest BCUT2D eigenvalue weighted by Gasteiger charge is -2.09. The van der Waals surface area contributed by atoms with Crippen LogP contribution < -0.4 is 5.32 Å². The Hall–Kier alpha value is -3.29. The van der Waals surface area contributed by atoms with Crippen LogP contribution in [-0.2, 0) is 4.74 Å². The van der Waals surface area contributed by atoms with E-state index in [4.69, 9.17) is 0 Å². The second kappa shape index (κ2) is 6.86. The molecule has 24 heavy (non-hydrogen) atoms. The number of non-ortho nitro benzene ring substituents is 1. The number of hydrogen-bond acceptors (Lipinski definition) is 5. The van der Waals surface area contributed by atoms with Crippen LogP contribution in [0.25, 0.3) is 0 Å². The van der Waals surface area contributed by atoms with Gasteiger partial charge in [-0.1, -0.05) is 0 Å². The molecule has 0 aromatic heterocycles. The van der Waals surface area contributed by atoms with Gasteiger partial charge >= 0.3 is 5.97 Å². The predicted molar refractivity (Wildman–Crippen MR) is 83.5 cm³/mol. The summed E-state index contributed by atoms with van der Waals surface area (Å²) in [7, 11) is 1.13. The first-order valence-corrected chi connectivity index (χ1v) is 6.77. The molecule has 0 bridgehead atoms. The lowest BCUT2D eigenvalue weighted by molar-refractivity contribution is -0.384. The van der Waals surface area contributed by atoms with E-state index in [1.54, 1.807) is 6.92 Å². The minimum atomic E-state index is -0.800. The van der Waals surface area contributed by atoms with Gasteiger partial charge in [-0.3, -0.25) is 14.9 Å². The number of nitrogens with zero attached hydrogens (tertiary/aromatic N) is 1. The minimum absolute atomic E-state index is 0.0895. The van der Waals surface area contributed by atoms with Crippen LogP contribution in [-0.4, -0.2) is 23.9 Å². The molecule has 0 heterocycles. The topological polar surface area (TPSA) is 98.5 Å². The maximum atomic E-state index is 13.1. The zero-order valence-corrected chi connectivity index (χ0v) is 12.8. The number of anilines is 1. The number of halogens is 1. The molecule has 0 aliphatic rings. The average Bonchev–Trinajstić information content (AvgIpc) is 2.56. The summed E-state index contributed by atoms with van der Waals surface area (Å²) in [5.74, 6) is -1.92. The van der Waals surface area contributed by atoms with Crippen LogP contribution in [0.5, 0.6) is 0 Å². The Balaban J connectivity index is 2.39. The monoisotopic (exact) mass is 332 g/mol. The summed E-state index contributed by atoms with van der Waals surface area (Å²) in [6.45, 7) is 1.60. The molecule has 0 atom stereocenters. The zero-order valence-electron chi connectivity index (χ0n) is 12.8. The second-order valence-corrected chi connectivity index (χ2v) is 4.93. The molecule has 7 nitrogen and oxygen atoms in total. The first-order valence-electron chi connectivity index (χ1n) is 6.77. The van der Waals surface area contributed by atoms with Gasteiger partial charge in [-0.05, 0) is 36.8 Å². The maximum Gasteiger partial charge on any atom is 0.338 e.